The molecule has 1 aliphatic rings. The summed E-state index contributed by atoms with van der Waals surface area (Å²) in [7, 11) is 0. The second-order valence-electron chi connectivity index (χ2n) is 7.32. The van der Waals surface area contributed by atoms with Crippen molar-refractivity contribution in [3.8, 4) is 0 Å². The monoisotopic (exact) mass is 436 g/mol. The average molecular weight is 437 g/mol. The minimum Gasteiger partial charge on any atom is -0.423 e. The van der Waals surface area contributed by atoms with Crippen LogP contribution in [0.2, 0.25) is 0 Å². The molecule has 1 amide bonds. The maximum Gasteiger partial charge on any atom is 0.298 e. The number of hydrogen-bond donors (Lipinski definition) is 1. The van der Waals surface area contributed by atoms with Crippen LogP contribution in [0.15, 0.2) is 52.9 Å². The summed E-state index contributed by atoms with van der Waals surface area (Å²) >= 11 is 0. The molecular formula is C21H26Cl2N4O2. The molecule has 0 saturated carbocycles. The molecule has 1 aromatic heterocycles. The number of aromatic nitrogens is 1. The van der Waals surface area contributed by atoms with Crippen LogP contribution in [-0.2, 0) is 10.3 Å². The van der Waals surface area contributed by atoms with Gasteiger partial charge in [-0.1, -0.05) is 36.4 Å². The first-order valence-electron chi connectivity index (χ1n) is 9.21. The maximum absolute atomic E-state index is 13.0. The minimum absolute atomic E-state index is 0. The van der Waals surface area contributed by atoms with E-state index < -0.39 is 5.54 Å². The second-order valence-corrected chi connectivity index (χ2v) is 7.32. The van der Waals surface area contributed by atoms with Gasteiger partial charge in [0.25, 0.3) is 6.01 Å². The third-order valence-electron chi connectivity index (χ3n) is 5.19. The van der Waals surface area contributed by atoms with Crippen LogP contribution in [0.4, 0.5) is 6.01 Å². The van der Waals surface area contributed by atoms with Crippen molar-refractivity contribution in [1.29, 1.82) is 0 Å². The number of nitrogens with two attached hydrogens (primary N) is 1. The zero-order valence-corrected chi connectivity index (χ0v) is 18.1. The Morgan fingerprint density at radius 1 is 1.07 bits per heavy atom. The molecule has 4 rings (SSSR count). The fraction of sp³-hybridized carbons (Fsp3) is 0.333. The fourth-order valence-corrected chi connectivity index (χ4v) is 3.50. The van der Waals surface area contributed by atoms with Crippen molar-refractivity contribution < 1.29 is 9.21 Å². The van der Waals surface area contributed by atoms with Crippen LogP contribution in [0.25, 0.3) is 11.1 Å². The lowest BCUT2D eigenvalue weighted by Gasteiger charge is -2.38. The number of fused-ring (bicyclic) bond motifs is 1. The van der Waals surface area contributed by atoms with E-state index in [9.17, 15) is 4.79 Å². The molecule has 1 atom stereocenters. The summed E-state index contributed by atoms with van der Waals surface area (Å²) in [5.74, 6) is -0.0541. The molecule has 1 unspecified atom stereocenters. The van der Waals surface area contributed by atoms with Gasteiger partial charge in [-0.15, -0.1) is 24.8 Å². The lowest BCUT2D eigenvalue weighted by Crippen LogP contribution is -2.56. The molecular weight excluding hydrogens is 411 g/mol. The number of halogens is 2. The highest BCUT2D eigenvalue weighted by Crippen LogP contribution is 2.25. The van der Waals surface area contributed by atoms with Gasteiger partial charge in [0, 0.05) is 26.2 Å². The number of nitrogens with zero attached hydrogens (tertiary/aromatic N) is 3. The van der Waals surface area contributed by atoms with Crippen molar-refractivity contribution in [2.75, 3.05) is 31.1 Å². The summed E-state index contributed by atoms with van der Waals surface area (Å²) in [6, 6.07) is 16.1. The van der Waals surface area contributed by atoms with E-state index in [0.717, 1.165) is 22.2 Å². The molecule has 0 aliphatic carbocycles. The Morgan fingerprint density at radius 3 is 2.38 bits per heavy atom. The number of aryl methyl sites for hydroxylation is 1. The van der Waals surface area contributed by atoms with Gasteiger partial charge < -0.3 is 20.0 Å². The summed E-state index contributed by atoms with van der Waals surface area (Å²) in [5, 5.41) is 0. The third kappa shape index (κ3) is 4.50. The average Bonchev–Trinajstić information content (AvgIpc) is 3.11. The summed E-state index contributed by atoms with van der Waals surface area (Å²) < 4.78 is 5.88. The third-order valence-corrected chi connectivity index (χ3v) is 5.19. The van der Waals surface area contributed by atoms with E-state index in [2.05, 4.69) is 9.88 Å². The van der Waals surface area contributed by atoms with Gasteiger partial charge in [0.2, 0.25) is 5.91 Å². The zero-order chi connectivity index (χ0) is 19.0. The first kappa shape index (κ1) is 23.0. The largest absolute Gasteiger partial charge is 0.423 e. The zero-order valence-electron chi connectivity index (χ0n) is 16.5. The van der Waals surface area contributed by atoms with Gasteiger partial charge >= 0.3 is 0 Å². The molecule has 1 fully saturated rings. The number of piperazine rings is 1. The Balaban J connectivity index is 0.00000150. The lowest BCUT2D eigenvalue weighted by atomic mass is 9.91. The van der Waals surface area contributed by atoms with Crippen LogP contribution in [0.1, 0.15) is 18.1 Å². The van der Waals surface area contributed by atoms with Crippen LogP contribution in [-0.4, -0.2) is 42.0 Å². The Labute approximate surface area is 182 Å². The summed E-state index contributed by atoms with van der Waals surface area (Å²) in [6.45, 7) is 6.34. The topological polar surface area (TPSA) is 75.6 Å². The second kappa shape index (κ2) is 9.03. The highest BCUT2D eigenvalue weighted by atomic mass is 35.5. The minimum atomic E-state index is -1.03. The highest BCUT2D eigenvalue weighted by Gasteiger charge is 2.36. The van der Waals surface area contributed by atoms with E-state index in [1.807, 2.05) is 60.4 Å². The number of hydrogen-bond acceptors (Lipinski definition) is 5. The first-order chi connectivity index (χ1) is 12.9. The van der Waals surface area contributed by atoms with E-state index in [1.165, 1.54) is 0 Å². The number of benzene rings is 2. The van der Waals surface area contributed by atoms with Crippen molar-refractivity contribution in [3.05, 3.63) is 59.7 Å². The molecule has 0 radical (unpaired) electrons. The molecule has 2 aromatic carbocycles. The van der Waals surface area contributed by atoms with E-state index in [1.54, 1.807) is 6.92 Å². The van der Waals surface area contributed by atoms with Crippen molar-refractivity contribution in [2.45, 2.75) is 19.4 Å². The summed E-state index contributed by atoms with van der Waals surface area (Å²) in [5.41, 5.74) is 8.99. The van der Waals surface area contributed by atoms with Crippen LogP contribution in [0, 0.1) is 6.92 Å². The van der Waals surface area contributed by atoms with E-state index in [0.29, 0.717) is 32.2 Å². The fourth-order valence-electron chi connectivity index (χ4n) is 3.50. The molecule has 2 heterocycles. The molecule has 0 bridgehead atoms. The number of rotatable bonds is 3. The van der Waals surface area contributed by atoms with Crippen LogP contribution < -0.4 is 10.6 Å². The molecule has 8 heteroatoms. The number of amides is 1. The number of anilines is 1. The van der Waals surface area contributed by atoms with Crippen molar-refractivity contribution in [1.82, 2.24) is 9.88 Å². The predicted molar refractivity (Wildman–Crippen MR) is 120 cm³/mol. The van der Waals surface area contributed by atoms with Crippen LogP contribution in [0.5, 0.6) is 0 Å². The van der Waals surface area contributed by atoms with Gasteiger partial charge in [0.1, 0.15) is 11.1 Å². The van der Waals surface area contributed by atoms with Crippen molar-refractivity contribution in [3.63, 3.8) is 0 Å². The SMILES string of the molecule is Cc1ccc2oc(N3CCN(C(=O)C(C)(N)c4ccccc4)CC3)nc2c1.Cl.Cl. The highest BCUT2D eigenvalue weighted by molar-refractivity contribution is 5.87. The Kier molecular flexibility index (Phi) is 7.16. The molecule has 6 nitrogen and oxygen atoms in total. The smallest absolute Gasteiger partial charge is 0.298 e. The first-order valence-corrected chi connectivity index (χ1v) is 9.21. The standard InChI is InChI=1S/C21H24N4O2.2ClH/c1-15-8-9-18-17(14-15)23-20(27-18)25-12-10-24(11-13-25)19(26)21(2,22)16-6-4-3-5-7-16;;/h3-9,14H,10-13,22H2,1-2H3;2*1H. The number of carbonyl (C=O) groups excluding carboxylic acids is 1. The maximum atomic E-state index is 13.0. The number of carbonyl (C=O) groups is 1. The van der Waals surface area contributed by atoms with Gasteiger partial charge in [-0.25, -0.2) is 0 Å². The molecule has 3 aromatic rings. The Bertz CT molecular complexity index is 967. The predicted octanol–water partition coefficient (Wildman–Crippen LogP) is 3.50. The molecule has 1 aliphatic heterocycles. The Hall–Kier alpha value is -2.28. The normalized spacial score (nSPS) is 16.0. The molecule has 0 spiro atoms. The van der Waals surface area contributed by atoms with E-state index in [4.69, 9.17) is 10.2 Å². The lowest BCUT2D eigenvalue weighted by molar-refractivity contribution is -0.137. The van der Waals surface area contributed by atoms with Crippen LogP contribution in [0.3, 0.4) is 0 Å². The Morgan fingerprint density at radius 2 is 1.72 bits per heavy atom. The molecule has 1 saturated heterocycles. The van der Waals surface area contributed by atoms with Crippen LogP contribution >= 0.6 is 24.8 Å². The van der Waals surface area contributed by atoms with E-state index >= 15 is 0 Å². The van der Waals surface area contributed by atoms with Crippen molar-refractivity contribution >= 4 is 47.8 Å². The van der Waals surface area contributed by atoms with E-state index in [-0.39, 0.29) is 30.7 Å². The van der Waals surface area contributed by atoms with Gasteiger partial charge in [0.15, 0.2) is 5.58 Å². The van der Waals surface area contributed by atoms with Gasteiger partial charge in [-0.3, -0.25) is 4.79 Å². The molecule has 29 heavy (non-hydrogen) atoms. The van der Waals surface area contributed by atoms with Gasteiger partial charge in [-0.05, 0) is 37.1 Å². The summed E-state index contributed by atoms with van der Waals surface area (Å²) in [4.78, 5) is 21.5. The van der Waals surface area contributed by atoms with Crippen molar-refractivity contribution in [2.24, 2.45) is 5.73 Å². The quantitative estimate of drug-likeness (QED) is 0.679. The summed E-state index contributed by atoms with van der Waals surface area (Å²) in [6.07, 6.45) is 0. The van der Waals surface area contributed by atoms with Gasteiger partial charge in [0.05, 0.1) is 0 Å². The number of oxazole rings is 1. The van der Waals surface area contributed by atoms with Gasteiger partial charge in [-0.2, -0.15) is 4.98 Å². The molecule has 156 valence electrons. The molecule has 2 N–H and O–H groups in total.